The lowest BCUT2D eigenvalue weighted by atomic mass is 10.1. The third-order valence-electron chi connectivity index (χ3n) is 2.80. The van der Waals surface area contributed by atoms with Gasteiger partial charge in [-0.25, -0.2) is 8.42 Å². The fourth-order valence-corrected chi connectivity index (χ4v) is 2.65. The molecular formula is C17H22O2S. The Morgan fingerprint density at radius 1 is 1.10 bits per heavy atom. The standard InChI is InChI=1S/C17H22O2S/c1-15(2)9-7-10-16(3)11-8-14-20(18,19)17-12-5-4-6-13-17/h4-6,8-9,11-14H,7,10H2,1-3H3/b14-8+,16-11+. The lowest BCUT2D eigenvalue weighted by molar-refractivity contribution is 0.604. The van der Waals surface area contributed by atoms with E-state index in [9.17, 15) is 8.42 Å². The Morgan fingerprint density at radius 2 is 1.75 bits per heavy atom. The molecule has 0 aliphatic rings. The molecule has 0 unspecified atom stereocenters. The van der Waals surface area contributed by atoms with E-state index >= 15 is 0 Å². The lowest BCUT2D eigenvalue weighted by Gasteiger charge is -1.98. The van der Waals surface area contributed by atoms with E-state index in [2.05, 4.69) is 19.9 Å². The van der Waals surface area contributed by atoms with Crippen LogP contribution in [0.5, 0.6) is 0 Å². The third-order valence-corrected chi connectivity index (χ3v) is 4.25. The summed E-state index contributed by atoms with van der Waals surface area (Å²) < 4.78 is 24.0. The van der Waals surface area contributed by atoms with E-state index in [-0.39, 0.29) is 0 Å². The Morgan fingerprint density at radius 3 is 2.35 bits per heavy atom. The smallest absolute Gasteiger partial charge is 0.199 e. The summed E-state index contributed by atoms with van der Waals surface area (Å²) in [5, 5.41) is 1.26. The fourth-order valence-electron chi connectivity index (χ4n) is 1.67. The topological polar surface area (TPSA) is 34.1 Å². The molecule has 0 atom stereocenters. The van der Waals surface area contributed by atoms with Crippen molar-refractivity contribution in [3.05, 3.63) is 65.1 Å². The van der Waals surface area contributed by atoms with Gasteiger partial charge in [0.25, 0.3) is 0 Å². The maximum Gasteiger partial charge on any atom is 0.199 e. The van der Waals surface area contributed by atoms with Crippen molar-refractivity contribution in [2.45, 2.75) is 38.5 Å². The molecule has 0 heterocycles. The van der Waals surface area contributed by atoms with Crippen LogP contribution in [-0.2, 0) is 9.84 Å². The zero-order valence-corrected chi connectivity index (χ0v) is 13.2. The van der Waals surface area contributed by atoms with Gasteiger partial charge in [-0.3, -0.25) is 0 Å². The maximum absolute atomic E-state index is 12.0. The maximum atomic E-state index is 12.0. The highest BCUT2D eigenvalue weighted by Crippen LogP contribution is 2.12. The van der Waals surface area contributed by atoms with Gasteiger partial charge in [0, 0.05) is 5.41 Å². The van der Waals surface area contributed by atoms with Crippen LogP contribution in [0.25, 0.3) is 0 Å². The molecule has 0 fully saturated rings. The molecule has 0 amide bonds. The first-order chi connectivity index (χ1) is 9.42. The van der Waals surface area contributed by atoms with Crippen molar-refractivity contribution in [3.8, 4) is 0 Å². The Hall–Kier alpha value is -1.61. The third kappa shape index (κ3) is 6.02. The van der Waals surface area contributed by atoms with Gasteiger partial charge in [0.05, 0.1) is 4.90 Å². The molecular weight excluding hydrogens is 268 g/mol. The van der Waals surface area contributed by atoms with Gasteiger partial charge in [-0.2, -0.15) is 0 Å². The molecule has 0 spiro atoms. The van der Waals surface area contributed by atoms with Gasteiger partial charge in [-0.15, -0.1) is 0 Å². The Balaban J connectivity index is 2.66. The van der Waals surface area contributed by atoms with E-state index < -0.39 is 9.84 Å². The molecule has 3 heteroatoms. The molecule has 0 bridgehead atoms. The van der Waals surface area contributed by atoms with E-state index in [4.69, 9.17) is 0 Å². The SMILES string of the molecule is CC(C)=CCC/C(C)=C/C=C/S(=O)(=O)c1ccccc1. The fraction of sp³-hybridized carbons (Fsp3) is 0.294. The molecule has 0 saturated carbocycles. The molecule has 0 saturated heterocycles. The average molecular weight is 290 g/mol. The van der Waals surface area contributed by atoms with Crippen LogP contribution in [0.4, 0.5) is 0 Å². The Kier molecular flexibility index (Phi) is 6.46. The van der Waals surface area contributed by atoms with E-state index in [1.807, 2.05) is 13.0 Å². The molecule has 108 valence electrons. The molecule has 0 radical (unpaired) electrons. The van der Waals surface area contributed by atoms with Gasteiger partial charge < -0.3 is 0 Å². The number of rotatable bonds is 6. The van der Waals surface area contributed by atoms with Crippen LogP contribution in [0.2, 0.25) is 0 Å². The predicted octanol–water partition coefficient (Wildman–Crippen LogP) is 4.67. The van der Waals surface area contributed by atoms with Crippen molar-refractivity contribution < 1.29 is 8.42 Å². The van der Waals surface area contributed by atoms with Crippen LogP contribution in [0, 0.1) is 0 Å². The number of hydrogen-bond donors (Lipinski definition) is 0. The highest BCUT2D eigenvalue weighted by atomic mass is 32.2. The zero-order chi connectivity index (χ0) is 15.0. The molecule has 1 rings (SSSR count). The summed E-state index contributed by atoms with van der Waals surface area (Å²) in [6.45, 7) is 6.16. The molecule has 0 N–H and O–H groups in total. The minimum absolute atomic E-state index is 0.326. The average Bonchev–Trinajstić information content (AvgIpc) is 2.39. The van der Waals surface area contributed by atoms with Gasteiger partial charge in [-0.1, -0.05) is 47.6 Å². The molecule has 1 aromatic rings. The van der Waals surface area contributed by atoms with Gasteiger partial charge in [0.1, 0.15) is 0 Å². The lowest BCUT2D eigenvalue weighted by Crippen LogP contribution is -1.94. The quantitative estimate of drug-likeness (QED) is 0.563. The first-order valence-electron chi connectivity index (χ1n) is 6.69. The van der Waals surface area contributed by atoms with Gasteiger partial charge >= 0.3 is 0 Å². The summed E-state index contributed by atoms with van der Waals surface area (Å²) in [4.78, 5) is 0.326. The van der Waals surface area contributed by atoms with Gasteiger partial charge in [0.2, 0.25) is 0 Å². The van der Waals surface area contributed by atoms with Crippen LogP contribution < -0.4 is 0 Å². The van der Waals surface area contributed by atoms with Crippen molar-refractivity contribution in [2.24, 2.45) is 0 Å². The van der Waals surface area contributed by atoms with Crippen LogP contribution >= 0.6 is 0 Å². The van der Waals surface area contributed by atoms with Gasteiger partial charge in [-0.05, 0) is 45.7 Å². The highest BCUT2D eigenvalue weighted by Gasteiger charge is 2.07. The van der Waals surface area contributed by atoms with Gasteiger partial charge in [0.15, 0.2) is 9.84 Å². The predicted molar refractivity (Wildman–Crippen MR) is 85.2 cm³/mol. The molecule has 0 aliphatic carbocycles. The summed E-state index contributed by atoms with van der Waals surface area (Å²) in [7, 11) is -3.33. The second kappa shape index (κ2) is 7.85. The summed E-state index contributed by atoms with van der Waals surface area (Å²) in [6.07, 6.45) is 7.59. The van der Waals surface area contributed by atoms with Crippen LogP contribution in [-0.4, -0.2) is 8.42 Å². The zero-order valence-electron chi connectivity index (χ0n) is 12.3. The van der Waals surface area contributed by atoms with E-state index in [0.29, 0.717) is 4.90 Å². The molecule has 20 heavy (non-hydrogen) atoms. The monoisotopic (exact) mass is 290 g/mol. The number of allylic oxidation sites excluding steroid dienone is 5. The first-order valence-corrected chi connectivity index (χ1v) is 8.24. The molecule has 2 nitrogen and oxygen atoms in total. The number of sulfone groups is 1. The van der Waals surface area contributed by atoms with E-state index in [1.54, 1.807) is 36.4 Å². The minimum Gasteiger partial charge on any atom is -0.219 e. The minimum atomic E-state index is -3.33. The molecule has 0 aromatic heterocycles. The van der Waals surface area contributed by atoms with Crippen LogP contribution in [0.15, 0.2) is 70.0 Å². The van der Waals surface area contributed by atoms with Crippen molar-refractivity contribution in [2.75, 3.05) is 0 Å². The number of hydrogen-bond acceptors (Lipinski definition) is 2. The molecule has 0 aliphatic heterocycles. The van der Waals surface area contributed by atoms with E-state index in [0.717, 1.165) is 12.8 Å². The Labute approximate surface area is 122 Å². The summed E-state index contributed by atoms with van der Waals surface area (Å²) in [5.41, 5.74) is 2.47. The first kappa shape index (κ1) is 16.4. The Bertz CT molecular complexity index is 602. The normalized spacial score (nSPS) is 12.7. The number of benzene rings is 1. The van der Waals surface area contributed by atoms with Crippen LogP contribution in [0.1, 0.15) is 33.6 Å². The van der Waals surface area contributed by atoms with Crippen molar-refractivity contribution in [1.29, 1.82) is 0 Å². The molecule has 1 aromatic carbocycles. The second-order valence-corrected chi connectivity index (χ2v) is 6.85. The van der Waals surface area contributed by atoms with Crippen LogP contribution in [0.3, 0.4) is 0 Å². The van der Waals surface area contributed by atoms with E-state index in [1.165, 1.54) is 16.6 Å². The summed E-state index contributed by atoms with van der Waals surface area (Å²) in [6, 6.07) is 8.45. The van der Waals surface area contributed by atoms with Crippen molar-refractivity contribution in [1.82, 2.24) is 0 Å². The summed E-state index contributed by atoms with van der Waals surface area (Å²) in [5.74, 6) is 0. The van der Waals surface area contributed by atoms with Crippen molar-refractivity contribution >= 4 is 9.84 Å². The largest absolute Gasteiger partial charge is 0.219 e. The highest BCUT2D eigenvalue weighted by molar-refractivity contribution is 7.94. The van der Waals surface area contributed by atoms with Crippen molar-refractivity contribution in [3.63, 3.8) is 0 Å². The summed E-state index contributed by atoms with van der Waals surface area (Å²) >= 11 is 0. The second-order valence-electron chi connectivity index (χ2n) is 5.02.